The fraction of sp³-hybridized carbons (Fsp3) is 0.250. The molecule has 100 valence electrons. The molecular formula is C12H11Cl2N3O2. The van der Waals surface area contributed by atoms with Crippen LogP contribution in [0.2, 0.25) is 10.0 Å². The van der Waals surface area contributed by atoms with Crippen LogP contribution in [0.3, 0.4) is 0 Å². The summed E-state index contributed by atoms with van der Waals surface area (Å²) in [6.07, 6.45) is 0.350. The molecule has 0 atom stereocenters. The van der Waals surface area contributed by atoms with Crippen molar-refractivity contribution in [3.05, 3.63) is 33.8 Å². The highest BCUT2D eigenvalue weighted by atomic mass is 35.5. The quantitative estimate of drug-likeness (QED) is 0.869. The fourth-order valence-corrected chi connectivity index (χ4v) is 2.14. The highest BCUT2D eigenvalue weighted by Crippen LogP contribution is 2.24. The van der Waals surface area contributed by atoms with Gasteiger partial charge in [-0.2, -0.15) is 0 Å². The van der Waals surface area contributed by atoms with Crippen LogP contribution in [0, 0.1) is 0 Å². The molecule has 0 unspecified atom stereocenters. The van der Waals surface area contributed by atoms with E-state index in [-0.39, 0.29) is 24.2 Å². The van der Waals surface area contributed by atoms with Crippen LogP contribution >= 0.6 is 23.2 Å². The van der Waals surface area contributed by atoms with Crippen LogP contribution in [-0.4, -0.2) is 24.3 Å². The number of amides is 2. The lowest BCUT2D eigenvalue weighted by molar-refractivity contribution is -0.120. The molecule has 0 spiro atoms. The Morgan fingerprint density at radius 2 is 2.05 bits per heavy atom. The predicted octanol–water partition coefficient (Wildman–Crippen LogP) is 1.53. The minimum Gasteiger partial charge on any atom is -0.296 e. The van der Waals surface area contributed by atoms with Gasteiger partial charge in [0.2, 0.25) is 17.8 Å². The standard InChI is InChI=1S/C12H11Cl2N3O2/c13-8-2-1-3-9(14)7(8)6-11(19)17-12-15-5-4-10(18)16-12/h1-3H,4-6H2,(H2,15,16,17,18,19). The Kier molecular flexibility index (Phi) is 4.39. The normalized spacial score (nSPS) is 14.6. The van der Waals surface area contributed by atoms with Crippen molar-refractivity contribution in [2.24, 2.45) is 4.99 Å². The van der Waals surface area contributed by atoms with Gasteiger partial charge in [0.05, 0.1) is 13.0 Å². The monoisotopic (exact) mass is 299 g/mol. The van der Waals surface area contributed by atoms with E-state index in [9.17, 15) is 9.59 Å². The Morgan fingerprint density at radius 1 is 1.37 bits per heavy atom. The maximum Gasteiger partial charge on any atom is 0.231 e. The van der Waals surface area contributed by atoms with Crippen molar-refractivity contribution in [3.63, 3.8) is 0 Å². The Morgan fingerprint density at radius 3 is 2.68 bits per heavy atom. The molecule has 7 heteroatoms. The maximum atomic E-state index is 11.8. The molecule has 0 aliphatic carbocycles. The summed E-state index contributed by atoms with van der Waals surface area (Å²) >= 11 is 12.0. The van der Waals surface area contributed by atoms with Crippen LogP contribution in [0.4, 0.5) is 0 Å². The molecule has 0 bridgehead atoms. The molecule has 1 aliphatic rings. The number of nitrogens with zero attached hydrogens (tertiary/aromatic N) is 1. The van der Waals surface area contributed by atoms with E-state index in [4.69, 9.17) is 23.2 Å². The van der Waals surface area contributed by atoms with Crippen LogP contribution in [0.5, 0.6) is 0 Å². The van der Waals surface area contributed by atoms with Gasteiger partial charge in [0.15, 0.2) is 0 Å². The number of rotatable bonds is 2. The number of guanidine groups is 1. The summed E-state index contributed by atoms with van der Waals surface area (Å²) in [5, 5.41) is 5.85. The van der Waals surface area contributed by atoms with E-state index in [1.165, 1.54) is 0 Å². The second-order valence-corrected chi connectivity index (χ2v) is 4.77. The molecule has 0 saturated heterocycles. The zero-order valence-electron chi connectivity index (χ0n) is 9.87. The Balaban J connectivity index is 2.02. The van der Waals surface area contributed by atoms with Crippen LogP contribution < -0.4 is 10.6 Å². The molecule has 0 radical (unpaired) electrons. The van der Waals surface area contributed by atoms with E-state index in [1.54, 1.807) is 18.2 Å². The van der Waals surface area contributed by atoms with Crippen molar-refractivity contribution in [3.8, 4) is 0 Å². The third-order valence-corrected chi connectivity index (χ3v) is 3.23. The first kappa shape index (κ1) is 13.8. The van der Waals surface area contributed by atoms with Gasteiger partial charge in [0.25, 0.3) is 0 Å². The maximum absolute atomic E-state index is 11.8. The molecule has 2 N–H and O–H groups in total. The molecule has 0 fully saturated rings. The largest absolute Gasteiger partial charge is 0.296 e. The van der Waals surface area contributed by atoms with E-state index in [0.29, 0.717) is 28.6 Å². The first-order valence-electron chi connectivity index (χ1n) is 5.63. The summed E-state index contributed by atoms with van der Waals surface area (Å²) in [6.45, 7) is 0.369. The summed E-state index contributed by atoms with van der Waals surface area (Å²) < 4.78 is 0. The first-order chi connectivity index (χ1) is 9.06. The fourth-order valence-electron chi connectivity index (χ4n) is 1.61. The topological polar surface area (TPSA) is 70.6 Å². The van der Waals surface area contributed by atoms with Crippen molar-refractivity contribution in [1.82, 2.24) is 10.6 Å². The molecule has 1 aromatic carbocycles. The van der Waals surface area contributed by atoms with Gasteiger partial charge in [-0.15, -0.1) is 0 Å². The van der Waals surface area contributed by atoms with Gasteiger partial charge in [0, 0.05) is 16.5 Å². The zero-order chi connectivity index (χ0) is 13.8. The van der Waals surface area contributed by atoms with Crippen LogP contribution in [-0.2, 0) is 16.0 Å². The summed E-state index contributed by atoms with van der Waals surface area (Å²) in [4.78, 5) is 27.0. The molecule has 0 aromatic heterocycles. The van der Waals surface area contributed by atoms with E-state index in [2.05, 4.69) is 15.6 Å². The summed E-state index contributed by atoms with van der Waals surface area (Å²) in [7, 11) is 0. The van der Waals surface area contributed by atoms with E-state index in [1.807, 2.05) is 0 Å². The number of carbonyl (C=O) groups is 2. The number of hydrogen-bond donors (Lipinski definition) is 2. The van der Waals surface area contributed by atoms with Crippen molar-refractivity contribution < 1.29 is 9.59 Å². The number of benzene rings is 1. The molecule has 1 aliphatic heterocycles. The molecule has 1 aromatic rings. The average Bonchev–Trinajstić information content (AvgIpc) is 2.34. The second kappa shape index (κ2) is 6.04. The van der Waals surface area contributed by atoms with Crippen molar-refractivity contribution >= 4 is 41.0 Å². The van der Waals surface area contributed by atoms with Gasteiger partial charge in [-0.1, -0.05) is 29.3 Å². The Labute approximate surface area is 120 Å². The number of nitrogens with one attached hydrogen (secondary N) is 2. The van der Waals surface area contributed by atoms with Crippen LogP contribution in [0.25, 0.3) is 0 Å². The molecule has 2 amide bonds. The molecule has 2 rings (SSSR count). The van der Waals surface area contributed by atoms with Crippen molar-refractivity contribution in [2.75, 3.05) is 6.54 Å². The van der Waals surface area contributed by atoms with Crippen molar-refractivity contribution in [1.29, 1.82) is 0 Å². The minimum atomic E-state index is -0.337. The second-order valence-electron chi connectivity index (χ2n) is 3.95. The van der Waals surface area contributed by atoms with E-state index >= 15 is 0 Å². The first-order valence-corrected chi connectivity index (χ1v) is 6.39. The summed E-state index contributed by atoms with van der Waals surface area (Å²) in [5.74, 6) is -0.332. The Bertz CT molecular complexity index is 538. The van der Waals surface area contributed by atoms with Crippen LogP contribution in [0.15, 0.2) is 23.2 Å². The molecule has 5 nitrogen and oxygen atoms in total. The number of hydrogen-bond acceptors (Lipinski definition) is 3. The SMILES string of the molecule is O=C1CCN=C(NC(=O)Cc2c(Cl)cccc2Cl)N1. The van der Waals surface area contributed by atoms with Gasteiger partial charge in [-0.3, -0.25) is 25.2 Å². The smallest absolute Gasteiger partial charge is 0.231 e. The van der Waals surface area contributed by atoms with Gasteiger partial charge in [-0.25, -0.2) is 0 Å². The number of halogens is 2. The van der Waals surface area contributed by atoms with E-state index < -0.39 is 0 Å². The van der Waals surface area contributed by atoms with Gasteiger partial charge in [-0.05, 0) is 17.7 Å². The third-order valence-electron chi connectivity index (χ3n) is 2.52. The molecule has 0 saturated carbocycles. The summed E-state index contributed by atoms with van der Waals surface area (Å²) in [5.41, 5.74) is 0.547. The number of carbonyl (C=O) groups excluding carboxylic acids is 2. The average molecular weight is 300 g/mol. The lowest BCUT2D eigenvalue weighted by Gasteiger charge is -2.14. The van der Waals surface area contributed by atoms with Gasteiger partial charge < -0.3 is 0 Å². The Hall–Kier alpha value is -1.59. The highest BCUT2D eigenvalue weighted by molar-refractivity contribution is 6.36. The number of aliphatic imine (C=N–C) groups is 1. The zero-order valence-corrected chi connectivity index (χ0v) is 11.4. The van der Waals surface area contributed by atoms with Gasteiger partial charge >= 0.3 is 0 Å². The third kappa shape index (κ3) is 3.68. The molecule has 1 heterocycles. The predicted molar refractivity (Wildman–Crippen MR) is 73.4 cm³/mol. The summed E-state index contributed by atoms with van der Waals surface area (Å²) in [6, 6.07) is 5.03. The minimum absolute atomic E-state index is 0.0212. The van der Waals surface area contributed by atoms with E-state index in [0.717, 1.165) is 0 Å². The van der Waals surface area contributed by atoms with Crippen LogP contribution in [0.1, 0.15) is 12.0 Å². The lowest BCUT2D eigenvalue weighted by atomic mass is 10.1. The van der Waals surface area contributed by atoms with Gasteiger partial charge in [0.1, 0.15) is 0 Å². The van der Waals surface area contributed by atoms with Crippen molar-refractivity contribution in [2.45, 2.75) is 12.8 Å². The molecule has 19 heavy (non-hydrogen) atoms. The highest BCUT2D eigenvalue weighted by Gasteiger charge is 2.16. The lowest BCUT2D eigenvalue weighted by Crippen LogP contribution is -2.46. The molecular weight excluding hydrogens is 289 g/mol.